The molecule has 120 valence electrons. The molecule has 1 atom stereocenters. The molecule has 0 bridgehead atoms. The molecule has 1 unspecified atom stereocenters. The predicted molar refractivity (Wildman–Crippen MR) is 87.5 cm³/mol. The molecule has 1 aromatic carbocycles. The van der Waals surface area contributed by atoms with E-state index in [1.165, 1.54) is 0 Å². The van der Waals surface area contributed by atoms with E-state index in [4.69, 9.17) is 4.74 Å². The average molecular weight is 294 g/mol. The van der Waals surface area contributed by atoms with Gasteiger partial charge in [0.05, 0.1) is 18.8 Å². The van der Waals surface area contributed by atoms with Gasteiger partial charge in [0, 0.05) is 26.2 Å². The van der Waals surface area contributed by atoms with E-state index in [0.29, 0.717) is 12.6 Å². The molecule has 2 N–H and O–H groups in total. The fraction of sp³-hybridized carbons (Fsp3) is 0.647. The first-order valence-corrected chi connectivity index (χ1v) is 7.74. The van der Waals surface area contributed by atoms with Crippen molar-refractivity contribution in [3.05, 3.63) is 35.9 Å². The van der Waals surface area contributed by atoms with Gasteiger partial charge >= 0.3 is 0 Å². The molecule has 1 rings (SSSR count). The van der Waals surface area contributed by atoms with Gasteiger partial charge in [0.15, 0.2) is 0 Å². The van der Waals surface area contributed by atoms with Crippen LogP contribution in [0.3, 0.4) is 0 Å². The highest BCUT2D eigenvalue weighted by Crippen LogP contribution is 2.23. The van der Waals surface area contributed by atoms with Crippen LogP contribution in [0.4, 0.5) is 0 Å². The number of methoxy groups -OCH3 is 1. The first kappa shape index (κ1) is 18.1. The summed E-state index contributed by atoms with van der Waals surface area (Å²) in [5.74, 6) is 0. The quantitative estimate of drug-likeness (QED) is 0.691. The number of aliphatic hydroxyl groups excluding tert-OH is 1. The molecule has 4 nitrogen and oxygen atoms in total. The highest BCUT2D eigenvalue weighted by Gasteiger charge is 2.33. The topological polar surface area (TPSA) is 44.7 Å². The van der Waals surface area contributed by atoms with Crippen LogP contribution in [0.5, 0.6) is 0 Å². The van der Waals surface area contributed by atoms with Crippen LogP contribution in [0.2, 0.25) is 0 Å². The molecule has 1 aromatic rings. The van der Waals surface area contributed by atoms with Crippen molar-refractivity contribution < 1.29 is 9.84 Å². The lowest BCUT2D eigenvalue weighted by Gasteiger charge is -2.40. The van der Waals surface area contributed by atoms with Gasteiger partial charge in [-0.1, -0.05) is 37.3 Å². The highest BCUT2D eigenvalue weighted by molar-refractivity contribution is 5.25. The lowest BCUT2D eigenvalue weighted by Crippen LogP contribution is -2.55. The van der Waals surface area contributed by atoms with Crippen LogP contribution in [0.25, 0.3) is 0 Å². The number of ether oxygens (including phenoxy) is 1. The molecule has 0 aliphatic rings. The predicted octanol–water partition coefficient (Wildman–Crippen LogP) is 1.84. The second-order valence-corrected chi connectivity index (χ2v) is 5.69. The Morgan fingerprint density at radius 2 is 1.95 bits per heavy atom. The molecule has 0 radical (unpaired) electrons. The van der Waals surface area contributed by atoms with E-state index in [1.807, 2.05) is 18.2 Å². The van der Waals surface area contributed by atoms with Crippen molar-refractivity contribution in [2.24, 2.45) is 0 Å². The van der Waals surface area contributed by atoms with Crippen molar-refractivity contribution in [3.8, 4) is 0 Å². The Morgan fingerprint density at radius 3 is 2.43 bits per heavy atom. The van der Waals surface area contributed by atoms with Crippen molar-refractivity contribution in [2.45, 2.75) is 32.4 Å². The summed E-state index contributed by atoms with van der Waals surface area (Å²) in [6, 6.07) is 10.6. The van der Waals surface area contributed by atoms with Gasteiger partial charge in [-0.3, -0.25) is 4.90 Å². The number of rotatable bonds is 10. The molecule has 0 amide bonds. The lowest BCUT2D eigenvalue weighted by atomic mass is 9.89. The third-order valence-electron chi connectivity index (χ3n) is 3.90. The largest absolute Gasteiger partial charge is 0.394 e. The smallest absolute Gasteiger partial charge is 0.0797 e. The summed E-state index contributed by atoms with van der Waals surface area (Å²) in [6.45, 7) is 9.61. The van der Waals surface area contributed by atoms with Gasteiger partial charge in [-0.25, -0.2) is 0 Å². The molecule has 0 heterocycles. The van der Waals surface area contributed by atoms with Gasteiger partial charge in [-0.05, 0) is 26.0 Å². The van der Waals surface area contributed by atoms with Crippen LogP contribution in [0.1, 0.15) is 26.3 Å². The van der Waals surface area contributed by atoms with Gasteiger partial charge in [-0.2, -0.15) is 0 Å². The Balaban J connectivity index is 3.00. The van der Waals surface area contributed by atoms with E-state index in [1.54, 1.807) is 7.11 Å². The van der Waals surface area contributed by atoms with Crippen LogP contribution in [0.15, 0.2) is 30.3 Å². The van der Waals surface area contributed by atoms with Crippen molar-refractivity contribution >= 4 is 0 Å². The monoisotopic (exact) mass is 294 g/mol. The zero-order valence-electron chi connectivity index (χ0n) is 13.8. The molecule has 21 heavy (non-hydrogen) atoms. The summed E-state index contributed by atoms with van der Waals surface area (Å²) in [5.41, 5.74) is 0.686. The maximum Gasteiger partial charge on any atom is 0.0797 e. The molecule has 0 aliphatic carbocycles. The minimum atomic E-state index is -0.436. The van der Waals surface area contributed by atoms with Gasteiger partial charge in [0.2, 0.25) is 0 Å². The standard InChI is InChI=1S/C17H30N2O2/c1-5-18-17(14-20,16-9-7-6-8-10-16)13-19(15(2)3)11-12-21-4/h6-10,15,18,20H,5,11-14H2,1-4H3. The van der Waals surface area contributed by atoms with Gasteiger partial charge in [0.1, 0.15) is 0 Å². The minimum absolute atomic E-state index is 0.0705. The van der Waals surface area contributed by atoms with Crippen LogP contribution in [-0.4, -0.2) is 56.0 Å². The van der Waals surface area contributed by atoms with E-state index >= 15 is 0 Å². The van der Waals surface area contributed by atoms with Gasteiger partial charge in [-0.15, -0.1) is 0 Å². The maximum absolute atomic E-state index is 10.1. The number of hydrogen-bond acceptors (Lipinski definition) is 4. The molecule has 0 saturated heterocycles. The summed E-state index contributed by atoms with van der Waals surface area (Å²) in [7, 11) is 1.72. The van der Waals surface area contributed by atoms with Crippen molar-refractivity contribution in [2.75, 3.05) is 40.0 Å². The fourth-order valence-electron chi connectivity index (χ4n) is 2.62. The van der Waals surface area contributed by atoms with Crippen LogP contribution in [0, 0.1) is 0 Å². The van der Waals surface area contributed by atoms with Crippen molar-refractivity contribution in [3.63, 3.8) is 0 Å². The Labute approximate surface area is 129 Å². The summed E-state index contributed by atoms with van der Waals surface area (Å²) in [6.07, 6.45) is 0. The van der Waals surface area contributed by atoms with Gasteiger partial charge in [0.25, 0.3) is 0 Å². The maximum atomic E-state index is 10.1. The molecular formula is C17H30N2O2. The van der Waals surface area contributed by atoms with E-state index < -0.39 is 5.54 Å². The Bertz CT molecular complexity index is 384. The van der Waals surface area contributed by atoms with Crippen LogP contribution >= 0.6 is 0 Å². The number of nitrogens with zero attached hydrogens (tertiary/aromatic N) is 1. The third kappa shape index (κ3) is 5.08. The lowest BCUT2D eigenvalue weighted by molar-refractivity contribution is 0.0699. The molecule has 0 saturated carbocycles. The first-order valence-electron chi connectivity index (χ1n) is 7.74. The second-order valence-electron chi connectivity index (χ2n) is 5.69. The van der Waals surface area contributed by atoms with E-state index in [-0.39, 0.29) is 6.61 Å². The highest BCUT2D eigenvalue weighted by atomic mass is 16.5. The molecule has 0 fully saturated rings. The number of likely N-dealkylation sites (N-methyl/N-ethyl adjacent to an activating group) is 1. The number of hydrogen-bond donors (Lipinski definition) is 2. The summed E-state index contributed by atoms with van der Waals surface area (Å²) in [4.78, 5) is 2.34. The number of aliphatic hydroxyl groups is 1. The zero-order valence-corrected chi connectivity index (χ0v) is 13.8. The normalized spacial score (nSPS) is 14.6. The van der Waals surface area contributed by atoms with Crippen LogP contribution in [-0.2, 0) is 10.3 Å². The van der Waals surface area contributed by atoms with E-state index in [2.05, 4.69) is 43.1 Å². The Morgan fingerprint density at radius 1 is 1.29 bits per heavy atom. The Hall–Kier alpha value is -0.940. The molecule has 4 heteroatoms. The van der Waals surface area contributed by atoms with E-state index in [0.717, 1.165) is 25.2 Å². The SMILES string of the molecule is CCNC(CO)(CN(CCOC)C(C)C)c1ccccc1. The molecule has 0 aromatic heterocycles. The third-order valence-corrected chi connectivity index (χ3v) is 3.90. The zero-order chi connectivity index (χ0) is 15.7. The summed E-state index contributed by atoms with van der Waals surface area (Å²) >= 11 is 0. The van der Waals surface area contributed by atoms with Crippen molar-refractivity contribution in [1.29, 1.82) is 0 Å². The first-order chi connectivity index (χ1) is 10.1. The summed E-state index contributed by atoms with van der Waals surface area (Å²) in [5, 5.41) is 13.6. The van der Waals surface area contributed by atoms with Crippen LogP contribution < -0.4 is 5.32 Å². The summed E-state index contributed by atoms with van der Waals surface area (Å²) < 4.78 is 5.21. The minimum Gasteiger partial charge on any atom is -0.394 e. The molecule has 0 aliphatic heterocycles. The average Bonchev–Trinajstić information content (AvgIpc) is 2.51. The van der Waals surface area contributed by atoms with E-state index in [9.17, 15) is 5.11 Å². The van der Waals surface area contributed by atoms with Gasteiger partial charge < -0.3 is 15.2 Å². The Kier molecular flexibility index (Phi) is 7.89. The van der Waals surface area contributed by atoms with Crippen molar-refractivity contribution in [1.82, 2.24) is 10.2 Å². The number of benzene rings is 1. The molecular weight excluding hydrogens is 264 g/mol. The number of nitrogens with one attached hydrogen (secondary N) is 1. The second kappa shape index (κ2) is 9.15. The fourth-order valence-corrected chi connectivity index (χ4v) is 2.62. The molecule has 0 spiro atoms.